The SMILES string of the molecule is CC1(C)CC(OCC(COC2CC(C)(C)N(O)C(C)(C)C2)OCC(COC(C(F)(F)F)(C(F)(F)F)C(F)(F)F)(COC(C(F)(F)F)(C(F)(F)F)C(F)(F)F)COC(C(F)(F)F)(C(F)(F)F)C(F)(F)F)CC(C)(C)N1O. The van der Waals surface area contributed by atoms with E-state index in [4.69, 9.17) is 14.2 Å². The number of ether oxygens (including phenoxy) is 6. The second-order valence-electron chi connectivity index (χ2n) is 20.4. The van der Waals surface area contributed by atoms with Crippen LogP contribution < -0.4 is 0 Å². The van der Waals surface area contributed by atoms with Crippen molar-refractivity contribution in [2.45, 2.75) is 194 Å². The molecule has 2 aliphatic heterocycles. The minimum absolute atomic E-state index is 0.297. The Morgan fingerprint density at radius 1 is 0.360 bits per heavy atom. The fourth-order valence-corrected chi connectivity index (χ4v) is 8.74. The first-order valence-electron chi connectivity index (χ1n) is 21.0. The monoisotopic (exact) mass is 1170 g/mol. The molecule has 2 aliphatic rings. The highest BCUT2D eigenvalue weighted by Crippen LogP contribution is 2.59. The number of piperidine rings is 2. The summed E-state index contributed by atoms with van der Waals surface area (Å²) in [5, 5.41) is 22.9. The van der Waals surface area contributed by atoms with Crippen molar-refractivity contribution in [3.8, 4) is 0 Å². The van der Waals surface area contributed by atoms with Crippen LogP contribution in [0.3, 0.4) is 0 Å². The molecule has 2 saturated heterocycles. The Balaban J connectivity index is 3.20. The number of rotatable bonds is 18. The molecule has 75 heavy (non-hydrogen) atoms. The number of nitrogens with zero attached hydrogens (tertiary/aromatic N) is 2. The summed E-state index contributed by atoms with van der Waals surface area (Å²) < 4.78 is 407. The molecule has 2 heterocycles. The Morgan fingerprint density at radius 3 is 0.720 bits per heavy atom. The fraction of sp³-hybridized carbons (Fsp3) is 1.00. The first-order chi connectivity index (χ1) is 32.6. The minimum Gasteiger partial charge on any atom is -0.375 e. The molecule has 0 radical (unpaired) electrons. The van der Waals surface area contributed by atoms with Crippen molar-refractivity contribution in [3.05, 3.63) is 0 Å². The van der Waals surface area contributed by atoms with Gasteiger partial charge in [-0.05, 0) is 81.1 Å². The summed E-state index contributed by atoms with van der Waals surface area (Å²) in [7, 11) is 0. The van der Waals surface area contributed by atoms with E-state index in [9.17, 15) is 129 Å². The van der Waals surface area contributed by atoms with Gasteiger partial charge in [-0.15, -0.1) is 0 Å². The van der Waals surface area contributed by atoms with Crippen LogP contribution >= 0.6 is 0 Å². The molecule has 2 rings (SSSR count). The maximum Gasteiger partial charge on any atom is 0.435 e. The summed E-state index contributed by atoms with van der Waals surface area (Å²) in [6, 6.07) is 0. The van der Waals surface area contributed by atoms with E-state index >= 15 is 0 Å². The van der Waals surface area contributed by atoms with Crippen LogP contribution in [0, 0.1) is 5.41 Å². The third-order valence-corrected chi connectivity index (χ3v) is 12.2. The van der Waals surface area contributed by atoms with E-state index in [1.807, 2.05) is 0 Å². The lowest BCUT2D eigenvalue weighted by Crippen LogP contribution is -2.71. The third kappa shape index (κ3) is 13.7. The highest BCUT2D eigenvalue weighted by atomic mass is 19.5. The molecule has 37 heteroatoms. The zero-order valence-electron chi connectivity index (χ0n) is 39.7. The summed E-state index contributed by atoms with van der Waals surface area (Å²) in [5.41, 5.74) is -34.6. The predicted octanol–water partition coefficient (Wildman–Crippen LogP) is 12.5. The van der Waals surface area contributed by atoms with Crippen LogP contribution in [-0.4, -0.2) is 173 Å². The average molecular weight is 1170 g/mol. The van der Waals surface area contributed by atoms with E-state index in [1.54, 1.807) is 0 Å². The lowest BCUT2D eigenvalue weighted by Gasteiger charge is -2.51. The molecule has 2 fully saturated rings. The van der Waals surface area contributed by atoms with Gasteiger partial charge in [-0.1, -0.05) is 0 Å². The van der Waals surface area contributed by atoms with E-state index in [1.165, 1.54) is 55.4 Å². The quantitative estimate of drug-likeness (QED) is 0.129. The number of hydrogen-bond donors (Lipinski definition) is 2. The van der Waals surface area contributed by atoms with Crippen molar-refractivity contribution in [1.82, 2.24) is 10.1 Å². The third-order valence-electron chi connectivity index (χ3n) is 12.2. The van der Waals surface area contributed by atoms with Crippen LogP contribution in [0.1, 0.15) is 81.1 Å². The molecular weight excluding hydrogens is 1130 g/mol. The molecule has 0 aromatic heterocycles. The van der Waals surface area contributed by atoms with Crippen molar-refractivity contribution in [3.63, 3.8) is 0 Å². The summed E-state index contributed by atoms with van der Waals surface area (Å²) in [5.74, 6) is 0. The standard InChI is InChI=1S/C38H49F27N2O8/c1-22(2)9-19(10-23(3,4)66(22)68)70-13-21(14-71-20-11-24(5,6)67(69)25(7,8)12-20)72-15-26(16-73-27(30(39,40)41,31(42,43)44)32(45,46)47,17-74-28(33(48,49)50,34(51,52)53)35(54,55)56)18-75-29(36(57,58)59,37(60,61)62)38(63,64)65/h19-21,68-69H,9-18H2,1-8H3. The van der Waals surface area contributed by atoms with Crippen LogP contribution in [0.4, 0.5) is 119 Å². The Bertz CT molecular complexity index is 1560. The van der Waals surface area contributed by atoms with Crippen LogP contribution in [0.25, 0.3) is 0 Å². The summed E-state index contributed by atoms with van der Waals surface area (Å²) in [6.07, 6.45) is -79.3. The van der Waals surface area contributed by atoms with Crippen LogP contribution in [0.2, 0.25) is 0 Å². The van der Waals surface area contributed by atoms with Gasteiger partial charge in [0, 0.05) is 22.2 Å². The van der Waals surface area contributed by atoms with Gasteiger partial charge >= 0.3 is 72.4 Å². The highest BCUT2D eigenvalue weighted by molar-refractivity contribution is 5.07. The van der Waals surface area contributed by atoms with Gasteiger partial charge in [0.25, 0.3) is 0 Å². The smallest absolute Gasteiger partial charge is 0.375 e. The summed E-state index contributed by atoms with van der Waals surface area (Å²) in [4.78, 5) is 0. The molecule has 0 aromatic rings. The molecule has 0 unspecified atom stereocenters. The molecule has 0 aliphatic carbocycles. The Morgan fingerprint density at radius 2 is 0.547 bits per heavy atom. The zero-order valence-corrected chi connectivity index (χ0v) is 39.7. The average Bonchev–Trinajstić information content (AvgIpc) is 3.10. The summed E-state index contributed by atoms with van der Waals surface area (Å²) in [6.45, 7) is -7.04. The molecule has 0 atom stereocenters. The van der Waals surface area contributed by atoms with Crippen molar-refractivity contribution in [2.24, 2.45) is 5.41 Å². The lowest BCUT2D eigenvalue weighted by molar-refractivity contribution is -0.474. The van der Waals surface area contributed by atoms with Crippen molar-refractivity contribution in [1.29, 1.82) is 0 Å². The molecule has 0 spiro atoms. The molecule has 0 aromatic carbocycles. The predicted molar refractivity (Wildman–Crippen MR) is 194 cm³/mol. The molecule has 2 N–H and O–H groups in total. The maximum absolute atomic E-state index is 14.1. The first-order valence-corrected chi connectivity index (χ1v) is 21.0. The van der Waals surface area contributed by atoms with Crippen LogP contribution in [-0.2, 0) is 28.4 Å². The van der Waals surface area contributed by atoms with E-state index in [0.717, 1.165) is 10.1 Å². The number of hydroxylamine groups is 4. The van der Waals surface area contributed by atoms with Crippen LogP contribution in [0.5, 0.6) is 0 Å². The second kappa shape index (κ2) is 21.0. The molecule has 0 bridgehead atoms. The Labute approximate surface area is 406 Å². The molecule has 10 nitrogen and oxygen atoms in total. The van der Waals surface area contributed by atoms with Crippen molar-refractivity contribution in [2.75, 3.05) is 39.6 Å². The minimum atomic E-state index is -8.12. The van der Waals surface area contributed by atoms with Crippen molar-refractivity contribution < 1.29 is 157 Å². The zero-order chi connectivity index (χ0) is 59.7. The molecule has 0 saturated carbocycles. The first kappa shape index (κ1) is 68.8. The highest BCUT2D eigenvalue weighted by Gasteiger charge is 2.89. The normalized spacial score (nSPS) is 21.4. The van der Waals surface area contributed by atoms with Gasteiger partial charge in [-0.3, -0.25) is 0 Å². The van der Waals surface area contributed by atoms with Crippen LogP contribution in [0.15, 0.2) is 0 Å². The second-order valence-corrected chi connectivity index (χ2v) is 20.4. The van der Waals surface area contributed by atoms with Gasteiger partial charge < -0.3 is 38.8 Å². The number of hydrogen-bond acceptors (Lipinski definition) is 10. The Hall–Kier alpha value is -2.29. The van der Waals surface area contributed by atoms with Gasteiger partial charge in [0.1, 0.15) is 6.10 Å². The van der Waals surface area contributed by atoms with Gasteiger partial charge in [-0.2, -0.15) is 129 Å². The van der Waals surface area contributed by atoms with Gasteiger partial charge in [0.05, 0.1) is 57.3 Å². The fourth-order valence-electron chi connectivity index (χ4n) is 8.74. The van der Waals surface area contributed by atoms with Gasteiger partial charge in [0.15, 0.2) is 0 Å². The summed E-state index contributed by atoms with van der Waals surface area (Å²) >= 11 is 0. The molecule has 0 amide bonds. The number of halogens is 27. The maximum atomic E-state index is 14.1. The van der Waals surface area contributed by atoms with Gasteiger partial charge in [-0.25, -0.2) is 0 Å². The van der Waals surface area contributed by atoms with Crippen molar-refractivity contribution >= 4 is 0 Å². The Kier molecular flexibility index (Phi) is 19.3. The lowest BCUT2D eigenvalue weighted by atomic mass is 9.80. The van der Waals surface area contributed by atoms with E-state index < -0.39 is 158 Å². The van der Waals surface area contributed by atoms with E-state index in [2.05, 4.69) is 14.2 Å². The molecular formula is C38H49F27N2O8. The topological polar surface area (TPSA) is 102 Å². The number of alkyl halides is 27. The largest absolute Gasteiger partial charge is 0.435 e. The van der Waals surface area contributed by atoms with Gasteiger partial charge in [0.2, 0.25) is 0 Å². The molecule has 448 valence electrons. The van der Waals surface area contributed by atoms with E-state index in [0.29, 0.717) is 0 Å². The van der Waals surface area contributed by atoms with E-state index in [-0.39, 0.29) is 25.7 Å².